The van der Waals surface area contributed by atoms with Crippen molar-refractivity contribution in [3.63, 3.8) is 0 Å². The first kappa shape index (κ1) is 12.9. The van der Waals surface area contributed by atoms with Crippen LogP contribution in [0.15, 0.2) is 0 Å². The molecule has 0 aliphatic carbocycles. The van der Waals surface area contributed by atoms with E-state index < -0.39 is 0 Å². The van der Waals surface area contributed by atoms with Crippen molar-refractivity contribution in [3.05, 3.63) is 0 Å². The van der Waals surface area contributed by atoms with Crippen LogP contribution in [-0.4, -0.2) is 51.0 Å². The summed E-state index contributed by atoms with van der Waals surface area (Å²) in [6, 6.07) is 0.363. The number of hydrogen-bond acceptors (Lipinski definition) is 3. The van der Waals surface area contributed by atoms with Crippen molar-refractivity contribution in [3.8, 4) is 0 Å². The summed E-state index contributed by atoms with van der Waals surface area (Å²) < 4.78 is 10.9. The number of nitrogens with zero attached hydrogens (tertiary/aromatic N) is 1. The van der Waals surface area contributed by atoms with E-state index in [1.165, 1.54) is 0 Å². The fourth-order valence-corrected chi connectivity index (χ4v) is 0.904. The van der Waals surface area contributed by atoms with Crippen LogP contribution in [0.25, 0.3) is 0 Å². The van der Waals surface area contributed by atoms with Gasteiger partial charge in [0.05, 0.1) is 25.4 Å². The van der Waals surface area contributed by atoms with E-state index in [0.29, 0.717) is 12.1 Å². The second-order valence-corrected chi connectivity index (χ2v) is 3.66. The first-order chi connectivity index (χ1) is 6.07. The minimum Gasteiger partial charge on any atom is -0.380 e. The van der Waals surface area contributed by atoms with Gasteiger partial charge in [0.1, 0.15) is 0 Å². The Bertz CT molecular complexity index is 115. The lowest BCUT2D eigenvalue weighted by atomic mass is 10.3. The molecule has 0 aliphatic heterocycles. The Labute approximate surface area is 82.0 Å². The molecule has 0 aromatic rings. The minimum atomic E-state index is 0.295. The molecular formula is C10H23NO2. The molecule has 0 saturated heterocycles. The normalized spacial score (nSPS) is 14.1. The summed E-state index contributed by atoms with van der Waals surface area (Å²) in [6.07, 6.45) is 0.295. The molecule has 0 aromatic carbocycles. The molecule has 0 aromatic heterocycles. The summed E-state index contributed by atoms with van der Waals surface area (Å²) in [4.78, 5) is 2.14. The second kappa shape index (κ2) is 7.30. The van der Waals surface area contributed by atoms with Gasteiger partial charge in [-0.2, -0.15) is 0 Å². The van der Waals surface area contributed by atoms with Crippen LogP contribution in [0.4, 0.5) is 0 Å². The zero-order valence-corrected chi connectivity index (χ0v) is 9.54. The number of ether oxygens (including phenoxy) is 2. The average Bonchev–Trinajstić information content (AvgIpc) is 2.03. The van der Waals surface area contributed by atoms with Crippen molar-refractivity contribution in [2.75, 3.05) is 33.9 Å². The standard InChI is InChI=1S/C10H23NO2/c1-6-12-7-10(11(4)5)8-13-9(2)3/h9-10H,6-8H2,1-5H3. The van der Waals surface area contributed by atoms with Gasteiger partial charge in [-0.15, -0.1) is 0 Å². The molecule has 0 rings (SSSR count). The van der Waals surface area contributed by atoms with Crippen molar-refractivity contribution in [1.82, 2.24) is 4.90 Å². The molecule has 3 nitrogen and oxygen atoms in total. The number of likely N-dealkylation sites (N-methyl/N-ethyl adjacent to an activating group) is 1. The van der Waals surface area contributed by atoms with Crippen molar-refractivity contribution in [1.29, 1.82) is 0 Å². The topological polar surface area (TPSA) is 21.7 Å². The van der Waals surface area contributed by atoms with E-state index >= 15 is 0 Å². The molecule has 80 valence electrons. The van der Waals surface area contributed by atoms with E-state index in [4.69, 9.17) is 9.47 Å². The molecule has 13 heavy (non-hydrogen) atoms. The van der Waals surface area contributed by atoms with E-state index in [2.05, 4.69) is 4.90 Å². The maximum absolute atomic E-state index is 5.54. The Hall–Kier alpha value is -0.120. The van der Waals surface area contributed by atoms with Crippen molar-refractivity contribution in [2.45, 2.75) is 32.9 Å². The van der Waals surface area contributed by atoms with Gasteiger partial charge in [-0.25, -0.2) is 0 Å². The Morgan fingerprint density at radius 1 is 1.15 bits per heavy atom. The highest BCUT2D eigenvalue weighted by molar-refractivity contribution is 4.64. The maximum atomic E-state index is 5.54. The van der Waals surface area contributed by atoms with Crippen LogP contribution in [0.2, 0.25) is 0 Å². The van der Waals surface area contributed by atoms with Crippen LogP contribution in [0.3, 0.4) is 0 Å². The monoisotopic (exact) mass is 189 g/mol. The quantitative estimate of drug-likeness (QED) is 0.604. The van der Waals surface area contributed by atoms with Gasteiger partial charge in [-0.3, -0.25) is 0 Å². The molecule has 0 amide bonds. The summed E-state index contributed by atoms with van der Waals surface area (Å²) >= 11 is 0. The highest BCUT2D eigenvalue weighted by Crippen LogP contribution is 1.98. The van der Waals surface area contributed by atoms with E-state index in [9.17, 15) is 0 Å². The van der Waals surface area contributed by atoms with Gasteiger partial charge in [0.25, 0.3) is 0 Å². The van der Waals surface area contributed by atoms with E-state index in [0.717, 1.165) is 19.8 Å². The highest BCUT2D eigenvalue weighted by Gasteiger charge is 2.11. The zero-order chi connectivity index (χ0) is 10.3. The summed E-state index contributed by atoms with van der Waals surface area (Å²) in [6.45, 7) is 8.36. The highest BCUT2D eigenvalue weighted by atomic mass is 16.5. The number of rotatable bonds is 7. The first-order valence-electron chi connectivity index (χ1n) is 4.93. The van der Waals surface area contributed by atoms with Crippen molar-refractivity contribution < 1.29 is 9.47 Å². The van der Waals surface area contributed by atoms with Gasteiger partial charge < -0.3 is 14.4 Å². The van der Waals surface area contributed by atoms with Crippen LogP contribution in [0.5, 0.6) is 0 Å². The summed E-state index contributed by atoms with van der Waals surface area (Å²) in [5.41, 5.74) is 0. The fourth-order valence-electron chi connectivity index (χ4n) is 0.904. The molecule has 0 heterocycles. The molecule has 0 aliphatic rings. The SMILES string of the molecule is CCOCC(COC(C)C)N(C)C. The predicted molar refractivity (Wildman–Crippen MR) is 55.1 cm³/mol. The maximum Gasteiger partial charge on any atom is 0.0647 e. The average molecular weight is 189 g/mol. The van der Waals surface area contributed by atoms with E-state index in [1.54, 1.807) is 0 Å². The Kier molecular flexibility index (Phi) is 7.23. The zero-order valence-electron chi connectivity index (χ0n) is 9.54. The summed E-state index contributed by atoms with van der Waals surface area (Å²) in [5, 5.41) is 0. The third kappa shape index (κ3) is 6.99. The van der Waals surface area contributed by atoms with Crippen LogP contribution < -0.4 is 0 Å². The molecular weight excluding hydrogens is 166 g/mol. The molecule has 1 unspecified atom stereocenters. The lowest BCUT2D eigenvalue weighted by molar-refractivity contribution is 0.00259. The Balaban J connectivity index is 3.67. The first-order valence-corrected chi connectivity index (χ1v) is 4.93. The lowest BCUT2D eigenvalue weighted by Gasteiger charge is -2.24. The van der Waals surface area contributed by atoms with Crippen molar-refractivity contribution in [2.24, 2.45) is 0 Å². The van der Waals surface area contributed by atoms with Crippen molar-refractivity contribution >= 4 is 0 Å². The van der Waals surface area contributed by atoms with Gasteiger partial charge in [0, 0.05) is 6.61 Å². The molecule has 0 spiro atoms. The van der Waals surface area contributed by atoms with Gasteiger partial charge in [0.2, 0.25) is 0 Å². The fraction of sp³-hybridized carbons (Fsp3) is 1.00. The smallest absolute Gasteiger partial charge is 0.0647 e. The van der Waals surface area contributed by atoms with Gasteiger partial charge in [-0.1, -0.05) is 0 Å². The van der Waals surface area contributed by atoms with Gasteiger partial charge in [0.15, 0.2) is 0 Å². The van der Waals surface area contributed by atoms with Crippen LogP contribution >= 0.6 is 0 Å². The van der Waals surface area contributed by atoms with Gasteiger partial charge in [-0.05, 0) is 34.9 Å². The molecule has 3 heteroatoms. The van der Waals surface area contributed by atoms with E-state index in [-0.39, 0.29) is 0 Å². The minimum absolute atomic E-state index is 0.295. The Morgan fingerprint density at radius 2 is 1.77 bits per heavy atom. The summed E-state index contributed by atoms with van der Waals surface area (Å²) in [5.74, 6) is 0. The summed E-state index contributed by atoms with van der Waals surface area (Å²) in [7, 11) is 4.10. The molecule has 1 atom stereocenters. The molecule has 0 bridgehead atoms. The van der Waals surface area contributed by atoms with E-state index in [1.807, 2.05) is 34.9 Å². The lowest BCUT2D eigenvalue weighted by Crippen LogP contribution is -2.37. The third-order valence-electron chi connectivity index (χ3n) is 1.87. The molecule has 0 fully saturated rings. The molecule has 0 saturated carbocycles. The Morgan fingerprint density at radius 3 is 2.15 bits per heavy atom. The third-order valence-corrected chi connectivity index (χ3v) is 1.87. The largest absolute Gasteiger partial charge is 0.380 e. The van der Waals surface area contributed by atoms with Crippen LogP contribution in [0.1, 0.15) is 20.8 Å². The molecule has 0 radical (unpaired) electrons. The van der Waals surface area contributed by atoms with Crippen LogP contribution in [0, 0.1) is 0 Å². The predicted octanol–water partition coefficient (Wildman–Crippen LogP) is 1.38. The van der Waals surface area contributed by atoms with Gasteiger partial charge >= 0.3 is 0 Å². The second-order valence-electron chi connectivity index (χ2n) is 3.66. The number of hydrogen-bond donors (Lipinski definition) is 0. The van der Waals surface area contributed by atoms with Crippen LogP contribution in [-0.2, 0) is 9.47 Å². The molecule has 0 N–H and O–H groups in total.